The van der Waals surface area contributed by atoms with Crippen LogP contribution >= 0.6 is 0 Å². The monoisotopic (exact) mass is 176 g/mol. The number of anilines is 2. The SMILES string of the molecule is Cc1ccc(N2CCC2C)c(N)c1. The Morgan fingerprint density at radius 3 is 2.69 bits per heavy atom. The van der Waals surface area contributed by atoms with Gasteiger partial charge in [0.15, 0.2) is 0 Å². The minimum Gasteiger partial charge on any atom is -0.397 e. The van der Waals surface area contributed by atoms with E-state index in [1.165, 1.54) is 17.7 Å². The molecule has 2 nitrogen and oxygen atoms in total. The summed E-state index contributed by atoms with van der Waals surface area (Å²) < 4.78 is 0. The van der Waals surface area contributed by atoms with E-state index in [1.54, 1.807) is 0 Å². The van der Waals surface area contributed by atoms with Crippen molar-refractivity contribution in [2.24, 2.45) is 0 Å². The Kier molecular flexibility index (Phi) is 1.91. The Morgan fingerprint density at radius 2 is 2.23 bits per heavy atom. The zero-order valence-corrected chi connectivity index (χ0v) is 8.25. The fourth-order valence-electron chi connectivity index (χ4n) is 1.81. The van der Waals surface area contributed by atoms with E-state index in [0.29, 0.717) is 6.04 Å². The number of nitrogens with zero attached hydrogens (tertiary/aromatic N) is 1. The van der Waals surface area contributed by atoms with Gasteiger partial charge in [0.25, 0.3) is 0 Å². The summed E-state index contributed by atoms with van der Waals surface area (Å²) in [5, 5.41) is 0. The zero-order valence-electron chi connectivity index (χ0n) is 8.25. The number of rotatable bonds is 1. The summed E-state index contributed by atoms with van der Waals surface area (Å²) in [5.41, 5.74) is 9.29. The molecule has 1 aliphatic heterocycles. The van der Waals surface area contributed by atoms with Crippen molar-refractivity contribution in [2.75, 3.05) is 17.2 Å². The third kappa shape index (κ3) is 1.37. The summed E-state index contributed by atoms with van der Waals surface area (Å²) in [4.78, 5) is 2.36. The van der Waals surface area contributed by atoms with E-state index >= 15 is 0 Å². The number of benzene rings is 1. The molecule has 1 fully saturated rings. The molecular formula is C11H16N2. The van der Waals surface area contributed by atoms with E-state index in [1.807, 2.05) is 6.07 Å². The highest BCUT2D eigenvalue weighted by Crippen LogP contribution is 2.31. The molecule has 1 unspecified atom stereocenters. The van der Waals surface area contributed by atoms with Gasteiger partial charge in [0, 0.05) is 12.6 Å². The van der Waals surface area contributed by atoms with E-state index in [-0.39, 0.29) is 0 Å². The Labute approximate surface area is 79.4 Å². The normalized spacial score (nSPS) is 21.4. The lowest BCUT2D eigenvalue weighted by Gasteiger charge is -2.41. The maximum absolute atomic E-state index is 5.95. The van der Waals surface area contributed by atoms with Gasteiger partial charge >= 0.3 is 0 Å². The molecule has 1 saturated heterocycles. The van der Waals surface area contributed by atoms with Crippen molar-refractivity contribution < 1.29 is 0 Å². The summed E-state index contributed by atoms with van der Waals surface area (Å²) in [6.07, 6.45) is 1.29. The number of hydrogen-bond donors (Lipinski definition) is 1. The molecule has 2 N–H and O–H groups in total. The van der Waals surface area contributed by atoms with Crippen molar-refractivity contribution in [1.82, 2.24) is 0 Å². The number of nitrogens with two attached hydrogens (primary N) is 1. The van der Waals surface area contributed by atoms with Crippen LogP contribution in [0.1, 0.15) is 18.9 Å². The third-order valence-corrected chi connectivity index (χ3v) is 2.81. The van der Waals surface area contributed by atoms with Gasteiger partial charge in [-0.2, -0.15) is 0 Å². The van der Waals surface area contributed by atoms with E-state index < -0.39 is 0 Å². The van der Waals surface area contributed by atoms with Gasteiger partial charge in [0.05, 0.1) is 11.4 Å². The molecule has 13 heavy (non-hydrogen) atoms. The van der Waals surface area contributed by atoms with Crippen LogP contribution in [-0.4, -0.2) is 12.6 Å². The van der Waals surface area contributed by atoms with Crippen molar-refractivity contribution in [3.8, 4) is 0 Å². The lowest BCUT2D eigenvalue weighted by atomic mass is 10.0. The third-order valence-electron chi connectivity index (χ3n) is 2.81. The highest BCUT2D eigenvalue weighted by molar-refractivity contribution is 5.69. The van der Waals surface area contributed by atoms with Crippen LogP contribution in [0.5, 0.6) is 0 Å². The van der Waals surface area contributed by atoms with Gasteiger partial charge in [-0.3, -0.25) is 0 Å². The topological polar surface area (TPSA) is 29.3 Å². The van der Waals surface area contributed by atoms with Gasteiger partial charge in [-0.05, 0) is 38.0 Å². The predicted octanol–water partition coefficient (Wildman–Crippen LogP) is 2.18. The van der Waals surface area contributed by atoms with E-state index in [4.69, 9.17) is 5.73 Å². The molecule has 1 atom stereocenters. The fourth-order valence-corrected chi connectivity index (χ4v) is 1.81. The molecule has 0 saturated carbocycles. The van der Waals surface area contributed by atoms with Crippen LogP contribution < -0.4 is 10.6 Å². The molecule has 0 aliphatic carbocycles. The largest absolute Gasteiger partial charge is 0.397 e. The van der Waals surface area contributed by atoms with E-state index in [2.05, 4.69) is 30.9 Å². The molecule has 2 rings (SSSR count). The molecule has 1 aromatic rings. The summed E-state index contributed by atoms with van der Waals surface area (Å²) in [5.74, 6) is 0. The van der Waals surface area contributed by atoms with Crippen LogP contribution in [0.3, 0.4) is 0 Å². The van der Waals surface area contributed by atoms with Crippen molar-refractivity contribution in [2.45, 2.75) is 26.3 Å². The molecular weight excluding hydrogens is 160 g/mol. The first kappa shape index (κ1) is 8.42. The van der Waals surface area contributed by atoms with Gasteiger partial charge in [0.2, 0.25) is 0 Å². The minimum absolute atomic E-state index is 0.657. The van der Waals surface area contributed by atoms with Crippen LogP contribution in [0.4, 0.5) is 11.4 Å². The van der Waals surface area contributed by atoms with Crippen LogP contribution in [0.15, 0.2) is 18.2 Å². The minimum atomic E-state index is 0.657. The van der Waals surface area contributed by atoms with Crippen LogP contribution in [0.2, 0.25) is 0 Å². The van der Waals surface area contributed by atoms with Crippen molar-refractivity contribution in [3.63, 3.8) is 0 Å². The van der Waals surface area contributed by atoms with Gasteiger partial charge < -0.3 is 10.6 Å². The smallest absolute Gasteiger partial charge is 0.0602 e. The number of hydrogen-bond acceptors (Lipinski definition) is 2. The van der Waals surface area contributed by atoms with Gasteiger partial charge in [-0.1, -0.05) is 6.07 Å². The maximum Gasteiger partial charge on any atom is 0.0602 e. The molecule has 1 heterocycles. The van der Waals surface area contributed by atoms with Gasteiger partial charge in [-0.25, -0.2) is 0 Å². The Hall–Kier alpha value is -1.18. The van der Waals surface area contributed by atoms with Gasteiger partial charge in [0.1, 0.15) is 0 Å². The molecule has 1 aliphatic rings. The Bertz CT molecular complexity index is 320. The van der Waals surface area contributed by atoms with E-state index in [9.17, 15) is 0 Å². The highest BCUT2D eigenvalue weighted by Gasteiger charge is 2.24. The average Bonchev–Trinajstić information content (AvgIpc) is 2.07. The molecule has 70 valence electrons. The molecule has 0 spiro atoms. The molecule has 0 amide bonds. The van der Waals surface area contributed by atoms with Crippen LogP contribution in [0, 0.1) is 6.92 Å². The zero-order chi connectivity index (χ0) is 9.42. The van der Waals surface area contributed by atoms with Crippen LogP contribution in [0.25, 0.3) is 0 Å². The predicted molar refractivity (Wildman–Crippen MR) is 57.0 cm³/mol. The Morgan fingerprint density at radius 1 is 1.46 bits per heavy atom. The molecule has 0 bridgehead atoms. The fraction of sp³-hybridized carbons (Fsp3) is 0.455. The second-order valence-corrected chi connectivity index (χ2v) is 3.89. The molecule has 2 heteroatoms. The lowest BCUT2D eigenvalue weighted by molar-refractivity contribution is 0.482. The second-order valence-electron chi connectivity index (χ2n) is 3.89. The van der Waals surface area contributed by atoms with E-state index in [0.717, 1.165) is 12.2 Å². The quantitative estimate of drug-likeness (QED) is 0.664. The number of aryl methyl sites for hydroxylation is 1. The summed E-state index contributed by atoms with van der Waals surface area (Å²) in [6, 6.07) is 6.95. The first-order valence-electron chi connectivity index (χ1n) is 4.81. The highest BCUT2D eigenvalue weighted by atomic mass is 15.2. The van der Waals surface area contributed by atoms with Crippen molar-refractivity contribution in [3.05, 3.63) is 23.8 Å². The molecule has 1 aromatic carbocycles. The maximum atomic E-state index is 5.95. The number of nitrogen functional groups attached to an aromatic ring is 1. The Balaban J connectivity index is 2.30. The summed E-state index contributed by atoms with van der Waals surface area (Å²) in [7, 11) is 0. The summed E-state index contributed by atoms with van der Waals surface area (Å²) >= 11 is 0. The first-order chi connectivity index (χ1) is 6.18. The summed E-state index contributed by atoms with van der Waals surface area (Å²) in [6.45, 7) is 5.46. The van der Waals surface area contributed by atoms with Crippen molar-refractivity contribution >= 4 is 11.4 Å². The first-order valence-corrected chi connectivity index (χ1v) is 4.81. The molecule has 0 aromatic heterocycles. The van der Waals surface area contributed by atoms with Crippen molar-refractivity contribution in [1.29, 1.82) is 0 Å². The van der Waals surface area contributed by atoms with Crippen LogP contribution in [-0.2, 0) is 0 Å². The average molecular weight is 176 g/mol. The van der Waals surface area contributed by atoms with Gasteiger partial charge in [-0.15, -0.1) is 0 Å². The standard InChI is InChI=1S/C11H16N2/c1-8-3-4-11(10(12)7-8)13-6-5-9(13)2/h3-4,7,9H,5-6,12H2,1-2H3. The second kappa shape index (κ2) is 2.95. The molecule has 0 radical (unpaired) electrons. The lowest BCUT2D eigenvalue weighted by Crippen LogP contribution is -2.46.